The standard InChI is InChI=1S/C17H15BrF2O/c18-14-6-7-15(19)13(17(14)20)9-16(21)12-3-1-2-11(8-12)10-4-5-10/h1-3,6-8,10,16,21H,4-5,9H2. The van der Waals surface area contributed by atoms with Crippen molar-refractivity contribution in [3.63, 3.8) is 0 Å². The van der Waals surface area contributed by atoms with Crippen molar-refractivity contribution in [2.24, 2.45) is 0 Å². The Morgan fingerprint density at radius 3 is 2.67 bits per heavy atom. The lowest BCUT2D eigenvalue weighted by atomic mass is 9.98. The fourth-order valence-electron chi connectivity index (χ4n) is 2.50. The molecule has 2 aromatic carbocycles. The molecule has 4 heteroatoms. The number of aliphatic hydroxyl groups is 1. The molecule has 1 nitrogen and oxygen atoms in total. The van der Waals surface area contributed by atoms with Crippen LogP contribution in [-0.4, -0.2) is 5.11 Å². The van der Waals surface area contributed by atoms with E-state index in [9.17, 15) is 13.9 Å². The Labute approximate surface area is 130 Å². The Balaban J connectivity index is 1.84. The summed E-state index contributed by atoms with van der Waals surface area (Å²) in [7, 11) is 0. The lowest BCUT2D eigenvalue weighted by Gasteiger charge is -2.14. The largest absolute Gasteiger partial charge is 0.388 e. The van der Waals surface area contributed by atoms with E-state index in [1.165, 1.54) is 30.5 Å². The van der Waals surface area contributed by atoms with Crippen LogP contribution in [0, 0.1) is 11.6 Å². The van der Waals surface area contributed by atoms with Gasteiger partial charge in [-0.3, -0.25) is 0 Å². The SMILES string of the molecule is OC(Cc1c(F)ccc(Br)c1F)c1cccc(C2CC2)c1. The van der Waals surface area contributed by atoms with E-state index in [1.54, 1.807) is 6.07 Å². The molecule has 21 heavy (non-hydrogen) atoms. The van der Waals surface area contributed by atoms with Gasteiger partial charge in [-0.1, -0.05) is 24.3 Å². The lowest BCUT2D eigenvalue weighted by Crippen LogP contribution is -2.06. The second kappa shape index (κ2) is 5.85. The van der Waals surface area contributed by atoms with Gasteiger partial charge in [0.15, 0.2) is 0 Å². The Morgan fingerprint density at radius 1 is 1.19 bits per heavy atom. The third-order valence-electron chi connectivity index (χ3n) is 3.88. The van der Waals surface area contributed by atoms with Gasteiger partial charge in [-0.2, -0.15) is 0 Å². The minimum Gasteiger partial charge on any atom is -0.388 e. The number of benzene rings is 2. The summed E-state index contributed by atoms with van der Waals surface area (Å²) in [4.78, 5) is 0. The summed E-state index contributed by atoms with van der Waals surface area (Å²) < 4.78 is 27.9. The molecule has 1 atom stereocenters. The van der Waals surface area contributed by atoms with Crippen molar-refractivity contribution in [3.05, 3.63) is 69.2 Å². The maximum Gasteiger partial charge on any atom is 0.143 e. The minimum atomic E-state index is -0.915. The highest BCUT2D eigenvalue weighted by Crippen LogP contribution is 2.40. The van der Waals surface area contributed by atoms with Gasteiger partial charge in [0, 0.05) is 12.0 Å². The van der Waals surface area contributed by atoms with Crippen LogP contribution in [0.4, 0.5) is 8.78 Å². The van der Waals surface area contributed by atoms with Crippen LogP contribution in [0.15, 0.2) is 40.9 Å². The molecule has 0 amide bonds. The highest BCUT2D eigenvalue weighted by Gasteiger charge is 2.24. The predicted molar refractivity (Wildman–Crippen MR) is 81.1 cm³/mol. The Bertz CT molecular complexity index is 668. The molecule has 3 rings (SSSR count). The Kier molecular flexibility index (Phi) is 4.09. The number of rotatable bonds is 4. The Hall–Kier alpha value is -1.26. The minimum absolute atomic E-state index is 0.0781. The van der Waals surface area contributed by atoms with Crippen LogP contribution in [0.3, 0.4) is 0 Å². The van der Waals surface area contributed by atoms with Gasteiger partial charge in [-0.05, 0) is 57.9 Å². The summed E-state index contributed by atoms with van der Waals surface area (Å²) in [6, 6.07) is 10.2. The van der Waals surface area contributed by atoms with Crippen molar-refractivity contribution in [1.82, 2.24) is 0 Å². The maximum absolute atomic E-state index is 14.0. The summed E-state index contributed by atoms with van der Waals surface area (Å²) in [6.45, 7) is 0. The first-order valence-corrected chi connectivity index (χ1v) is 7.76. The van der Waals surface area contributed by atoms with E-state index >= 15 is 0 Å². The van der Waals surface area contributed by atoms with Gasteiger partial charge in [-0.25, -0.2) is 8.78 Å². The molecule has 2 aromatic rings. The first-order valence-electron chi connectivity index (χ1n) is 6.96. The molecule has 0 radical (unpaired) electrons. The van der Waals surface area contributed by atoms with Crippen molar-refractivity contribution < 1.29 is 13.9 Å². The molecule has 1 aliphatic carbocycles. The molecular weight excluding hydrogens is 338 g/mol. The highest BCUT2D eigenvalue weighted by molar-refractivity contribution is 9.10. The fraction of sp³-hybridized carbons (Fsp3) is 0.294. The van der Waals surface area contributed by atoms with Crippen LogP contribution < -0.4 is 0 Å². The van der Waals surface area contributed by atoms with E-state index in [0.29, 0.717) is 11.5 Å². The number of halogens is 3. The third-order valence-corrected chi connectivity index (χ3v) is 4.49. The van der Waals surface area contributed by atoms with E-state index < -0.39 is 17.7 Å². The van der Waals surface area contributed by atoms with E-state index in [2.05, 4.69) is 15.9 Å². The molecule has 1 unspecified atom stereocenters. The second-order valence-corrected chi connectivity index (χ2v) is 6.34. The average molecular weight is 353 g/mol. The number of hydrogen-bond donors (Lipinski definition) is 1. The zero-order valence-corrected chi connectivity index (χ0v) is 12.9. The quantitative estimate of drug-likeness (QED) is 0.777. The molecule has 1 aliphatic rings. The molecule has 0 bridgehead atoms. The normalized spacial score (nSPS) is 16.0. The van der Waals surface area contributed by atoms with Gasteiger partial charge in [0.05, 0.1) is 10.6 Å². The van der Waals surface area contributed by atoms with Crippen LogP contribution in [0.5, 0.6) is 0 Å². The summed E-state index contributed by atoms with van der Waals surface area (Å²) in [6.07, 6.45) is 1.36. The molecule has 0 saturated heterocycles. The topological polar surface area (TPSA) is 20.2 Å². The van der Waals surface area contributed by atoms with Crippen LogP contribution in [0.1, 0.15) is 41.6 Å². The first kappa shape index (κ1) is 14.7. The zero-order chi connectivity index (χ0) is 15.0. The van der Waals surface area contributed by atoms with Crippen molar-refractivity contribution in [1.29, 1.82) is 0 Å². The maximum atomic E-state index is 14.0. The van der Waals surface area contributed by atoms with Crippen LogP contribution in [0.25, 0.3) is 0 Å². The molecular formula is C17H15BrF2O. The van der Waals surface area contributed by atoms with Crippen molar-refractivity contribution in [2.45, 2.75) is 31.3 Å². The second-order valence-electron chi connectivity index (χ2n) is 5.49. The van der Waals surface area contributed by atoms with Crippen molar-refractivity contribution in [3.8, 4) is 0 Å². The molecule has 0 aliphatic heterocycles. The molecule has 110 valence electrons. The van der Waals surface area contributed by atoms with Gasteiger partial charge < -0.3 is 5.11 Å². The van der Waals surface area contributed by atoms with Gasteiger partial charge in [-0.15, -0.1) is 0 Å². The highest BCUT2D eigenvalue weighted by atomic mass is 79.9. The van der Waals surface area contributed by atoms with Crippen molar-refractivity contribution >= 4 is 15.9 Å². The van der Waals surface area contributed by atoms with E-state index in [4.69, 9.17) is 0 Å². The molecule has 1 fully saturated rings. The van der Waals surface area contributed by atoms with Crippen LogP contribution in [-0.2, 0) is 6.42 Å². The zero-order valence-electron chi connectivity index (χ0n) is 11.3. The summed E-state index contributed by atoms with van der Waals surface area (Å²) in [5.41, 5.74) is 1.81. The molecule has 1 N–H and O–H groups in total. The van der Waals surface area contributed by atoms with Crippen LogP contribution >= 0.6 is 15.9 Å². The summed E-state index contributed by atoms with van der Waals surface area (Å²) >= 11 is 3.04. The predicted octanol–water partition coefficient (Wildman–Crippen LogP) is 4.88. The molecule has 0 aromatic heterocycles. The molecule has 0 spiro atoms. The molecule has 1 saturated carbocycles. The van der Waals surface area contributed by atoms with E-state index in [0.717, 1.165) is 0 Å². The number of hydrogen-bond acceptors (Lipinski definition) is 1. The lowest BCUT2D eigenvalue weighted by molar-refractivity contribution is 0.175. The van der Waals surface area contributed by atoms with Gasteiger partial charge >= 0.3 is 0 Å². The number of aliphatic hydroxyl groups excluding tert-OH is 1. The van der Waals surface area contributed by atoms with Crippen molar-refractivity contribution in [2.75, 3.05) is 0 Å². The summed E-state index contributed by atoms with van der Waals surface area (Å²) in [5, 5.41) is 10.3. The van der Waals surface area contributed by atoms with Crippen LogP contribution in [0.2, 0.25) is 0 Å². The monoisotopic (exact) mass is 352 g/mol. The van der Waals surface area contributed by atoms with E-state index in [1.807, 2.05) is 18.2 Å². The third kappa shape index (κ3) is 3.16. The fourth-order valence-corrected chi connectivity index (χ4v) is 2.88. The smallest absolute Gasteiger partial charge is 0.143 e. The van der Waals surface area contributed by atoms with Gasteiger partial charge in [0.25, 0.3) is 0 Å². The van der Waals surface area contributed by atoms with E-state index in [-0.39, 0.29) is 16.5 Å². The van der Waals surface area contributed by atoms with Gasteiger partial charge in [0.1, 0.15) is 11.6 Å². The van der Waals surface area contributed by atoms with Gasteiger partial charge in [0.2, 0.25) is 0 Å². The average Bonchev–Trinajstić information content (AvgIpc) is 3.32. The Morgan fingerprint density at radius 2 is 1.95 bits per heavy atom. The summed E-state index contributed by atoms with van der Waals surface area (Å²) in [5.74, 6) is -0.697. The molecule has 0 heterocycles. The first-order chi connectivity index (χ1) is 10.1.